The summed E-state index contributed by atoms with van der Waals surface area (Å²) in [5.74, 6) is -1.10. The van der Waals surface area contributed by atoms with Crippen molar-refractivity contribution in [1.29, 1.82) is 0 Å². The first-order valence-electron chi connectivity index (χ1n) is 6.53. The minimum Gasteiger partial charge on any atom is -0.480 e. The SMILES string of the molecule is CCCCOC(=O)NC(Cc1ccc(N)cc1)C(=O)O. The van der Waals surface area contributed by atoms with Gasteiger partial charge >= 0.3 is 12.1 Å². The van der Waals surface area contributed by atoms with Crippen LogP contribution in [0.1, 0.15) is 25.3 Å². The van der Waals surface area contributed by atoms with Gasteiger partial charge in [0, 0.05) is 12.1 Å². The molecule has 1 unspecified atom stereocenters. The molecular weight excluding hydrogens is 260 g/mol. The summed E-state index contributed by atoms with van der Waals surface area (Å²) in [6.07, 6.45) is 1.13. The van der Waals surface area contributed by atoms with Crippen LogP contribution in [-0.4, -0.2) is 29.8 Å². The molecule has 6 nitrogen and oxygen atoms in total. The molecule has 0 saturated heterocycles. The lowest BCUT2D eigenvalue weighted by Gasteiger charge is -2.14. The maximum Gasteiger partial charge on any atom is 0.407 e. The number of hydrogen-bond acceptors (Lipinski definition) is 4. The second-order valence-corrected chi connectivity index (χ2v) is 4.47. The van der Waals surface area contributed by atoms with Crippen LogP contribution in [0.5, 0.6) is 0 Å². The van der Waals surface area contributed by atoms with E-state index in [0.29, 0.717) is 5.69 Å². The molecule has 0 radical (unpaired) electrons. The lowest BCUT2D eigenvalue weighted by atomic mass is 10.1. The van der Waals surface area contributed by atoms with E-state index in [4.69, 9.17) is 15.6 Å². The van der Waals surface area contributed by atoms with Crippen LogP contribution in [0.3, 0.4) is 0 Å². The second kappa shape index (κ2) is 8.04. The number of benzene rings is 1. The van der Waals surface area contributed by atoms with Gasteiger partial charge in [-0.3, -0.25) is 0 Å². The van der Waals surface area contributed by atoms with Gasteiger partial charge in [0.2, 0.25) is 0 Å². The maximum atomic E-state index is 11.5. The van der Waals surface area contributed by atoms with Crippen molar-refractivity contribution in [3.8, 4) is 0 Å². The summed E-state index contributed by atoms with van der Waals surface area (Å²) in [6.45, 7) is 2.26. The third-order valence-electron chi connectivity index (χ3n) is 2.74. The number of carboxylic acid groups (broad SMARTS) is 1. The summed E-state index contributed by atoms with van der Waals surface area (Å²) in [4.78, 5) is 22.6. The molecule has 0 heterocycles. The first-order chi connectivity index (χ1) is 9.52. The van der Waals surface area contributed by atoms with Gasteiger partial charge in [0.15, 0.2) is 0 Å². The third kappa shape index (κ3) is 5.60. The standard InChI is InChI=1S/C14H20N2O4/c1-2-3-8-20-14(19)16-12(13(17)18)9-10-4-6-11(15)7-5-10/h4-7,12H,2-3,8-9,15H2,1H3,(H,16,19)(H,17,18). The topological polar surface area (TPSA) is 102 Å². The summed E-state index contributed by atoms with van der Waals surface area (Å²) in [5.41, 5.74) is 6.94. The van der Waals surface area contributed by atoms with Gasteiger partial charge in [-0.1, -0.05) is 25.5 Å². The van der Waals surface area contributed by atoms with Gasteiger partial charge < -0.3 is 20.9 Å². The summed E-state index contributed by atoms with van der Waals surface area (Å²) in [5, 5.41) is 11.5. The van der Waals surface area contributed by atoms with Crippen molar-refractivity contribution < 1.29 is 19.4 Å². The maximum absolute atomic E-state index is 11.5. The molecule has 1 amide bonds. The number of ether oxygens (including phenoxy) is 1. The number of amides is 1. The average molecular weight is 280 g/mol. The van der Waals surface area contributed by atoms with Gasteiger partial charge in [-0.05, 0) is 24.1 Å². The Morgan fingerprint density at radius 1 is 1.35 bits per heavy atom. The zero-order valence-electron chi connectivity index (χ0n) is 11.5. The Balaban J connectivity index is 2.54. The Hall–Kier alpha value is -2.24. The predicted octanol–water partition coefficient (Wildman–Crippen LogP) is 1.79. The van der Waals surface area contributed by atoms with Crippen molar-refractivity contribution in [2.24, 2.45) is 0 Å². The summed E-state index contributed by atoms with van der Waals surface area (Å²) < 4.78 is 4.89. The van der Waals surface area contributed by atoms with E-state index >= 15 is 0 Å². The number of nitrogen functional groups attached to an aromatic ring is 1. The van der Waals surface area contributed by atoms with Crippen LogP contribution in [0.2, 0.25) is 0 Å². The van der Waals surface area contributed by atoms with E-state index in [1.807, 2.05) is 6.92 Å². The van der Waals surface area contributed by atoms with Crippen LogP contribution < -0.4 is 11.1 Å². The first kappa shape index (κ1) is 15.8. The van der Waals surface area contributed by atoms with Gasteiger partial charge in [-0.2, -0.15) is 0 Å². The highest BCUT2D eigenvalue weighted by atomic mass is 16.5. The average Bonchev–Trinajstić information content (AvgIpc) is 2.40. The molecule has 1 rings (SSSR count). The lowest BCUT2D eigenvalue weighted by Crippen LogP contribution is -2.42. The predicted molar refractivity (Wildman–Crippen MR) is 75.4 cm³/mol. The Morgan fingerprint density at radius 2 is 2.00 bits per heavy atom. The van der Waals surface area contributed by atoms with E-state index in [-0.39, 0.29) is 13.0 Å². The van der Waals surface area contributed by atoms with E-state index < -0.39 is 18.1 Å². The highest BCUT2D eigenvalue weighted by Gasteiger charge is 2.20. The molecule has 0 bridgehead atoms. The summed E-state index contributed by atoms with van der Waals surface area (Å²) in [6, 6.07) is 5.82. The smallest absolute Gasteiger partial charge is 0.407 e. The fourth-order valence-electron chi connectivity index (χ4n) is 1.58. The second-order valence-electron chi connectivity index (χ2n) is 4.47. The number of aliphatic carboxylic acids is 1. The molecule has 0 aliphatic rings. The van der Waals surface area contributed by atoms with E-state index in [1.54, 1.807) is 24.3 Å². The molecule has 1 aromatic carbocycles. The first-order valence-corrected chi connectivity index (χ1v) is 6.53. The largest absolute Gasteiger partial charge is 0.480 e. The van der Waals surface area contributed by atoms with Gasteiger partial charge in [-0.25, -0.2) is 9.59 Å². The lowest BCUT2D eigenvalue weighted by molar-refractivity contribution is -0.139. The molecule has 20 heavy (non-hydrogen) atoms. The number of hydrogen-bond donors (Lipinski definition) is 3. The van der Waals surface area contributed by atoms with E-state index in [1.165, 1.54) is 0 Å². The molecule has 0 aliphatic heterocycles. The molecule has 1 aromatic rings. The Bertz CT molecular complexity index is 445. The highest BCUT2D eigenvalue weighted by Crippen LogP contribution is 2.08. The van der Waals surface area contributed by atoms with Crippen LogP contribution in [0.25, 0.3) is 0 Å². The fourth-order valence-corrected chi connectivity index (χ4v) is 1.58. The van der Waals surface area contributed by atoms with Gasteiger partial charge in [0.25, 0.3) is 0 Å². The van der Waals surface area contributed by atoms with Crippen LogP contribution in [0.4, 0.5) is 10.5 Å². The molecule has 0 aromatic heterocycles. The quantitative estimate of drug-likeness (QED) is 0.522. The number of nitrogens with two attached hydrogens (primary N) is 1. The summed E-state index contributed by atoms with van der Waals surface area (Å²) in [7, 11) is 0. The number of rotatable bonds is 7. The van der Waals surface area contributed by atoms with Crippen LogP contribution >= 0.6 is 0 Å². The Labute approximate surface area is 117 Å². The van der Waals surface area contributed by atoms with Crippen molar-refractivity contribution in [2.75, 3.05) is 12.3 Å². The number of carbonyl (C=O) groups is 2. The highest BCUT2D eigenvalue weighted by molar-refractivity contribution is 5.80. The number of nitrogens with one attached hydrogen (secondary N) is 1. The number of carbonyl (C=O) groups excluding carboxylic acids is 1. The number of alkyl carbamates (subject to hydrolysis) is 1. The third-order valence-corrected chi connectivity index (χ3v) is 2.74. The number of anilines is 1. The van der Waals surface area contributed by atoms with E-state index in [9.17, 15) is 9.59 Å². The molecule has 0 saturated carbocycles. The Morgan fingerprint density at radius 3 is 2.55 bits per heavy atom. The normalized spacial score (nSPS) is 11.7. The fraction of sp³-hybridized carbons (Fsp3) is 0.429. The molecular formula is C14H20N2O4. The minimum atomic E-state index is -1.10. The van der Waals surface area contributed by atoms with Crippen LogP contribution in [0, 0.1) is 0 Å². The van der Waals surface area contributed by atoms with E-state index in [0.717, 1.165) is 18.4 Å². The summed E-state index contributed by atoms with van der Waals surface area (Å²) >= 11 is 0. The Kier molecular flexibility index (Phi) is 6.36. The van der Waals surface area contributed by atoms with Crippen molar-refractivity contribution in [2.45, 2.75) is 32.2 Å². The zero-order chi connectivity index (χ0) is 15.0. The molecule has 0 aliphatic carbocycles. The molecule has 0 fully saturated rings. The molecule has 4 N–H and O–H groups in total. The number of unbranched alkanes of at least 4 members (excludes halogenated alkanes) is 1. The number of carboxylic acids is 1. The van der Waals surface area contributed by atoms with Crippen molar-refractivity contribution in [3.05, 3.63) is 29.8 Å². The van der Waals surface area contributed by atoms with Crippen molar-refractivity contribution >= 4 is 17.7 Å². The van der Waals surface area contributed by atoms with Gasteiger partial charge in [0.05, 0.1) is 6.61 Å². The van der Waals surface area contributed by atoms with Crippen LogP contribution in [0.15, 0.2) is 24.3 Å². The molecule has 110 valence electrons. The molecule has 1 atom stereocenters. The van der Waals surface area contributed by atoms with Gasteiger partial charge in [-0.15, -0.1) is 0 Å². The van der Waals surface area contributed by atoms with E-state index in [2.05, 4.69) is 5.32 Å². The minimum absolute atomic E-state index is 0.179. The van der Waals surface area contributed by atoms with Crippen molar-refractivity contribution in [3.63, 3.8) is 0 Å². The van der Waals surface area contributed by atoms with Gasteiger partial charge in [0.1, 0.15) is 6.04 Å². The molecule has 6 heteroatoms. The van der Waals surface area contributed by atoms with Crippen molar-refractivity contribution in [1.82, 2.24) is 5.32 Å². The molecule has 0 spiro atoms. The monoisotopic (exact) mass is 280 g/mol. The zero-order valence-corrected chi connectivity index (χ0v) is 11.5. The van der Waals surface area contributed by atoms with Crippen LogP contribution in [-0.2, 0) is 16.0 Å².